The Balaban J connectivity index is 0.745. The Hall–Kier alpha value is -5.78. The second-order valence-electron chi connectivity index (χ2n) is 19.6. The Kier molecular flexibility index (Phi) is 10.7. The number of carbonyl (C=O) groups excluding carboxylic acids is 5. The van der Waals surface area contributed by atoms with Gasteiger partial charge in [-0.25, -0.2) is 0 Å². The molecule has 2 saturated carbocycles. The van der Waals surface area contributed by atoms with Crippen molar-refractivity contribution < 1.29 is 38.2 Å². The number of hydrogen-bond acceptors (Lipinski definition) is 11. The van der Waals surface area contributed by atoms with E-state index in [0.717, 1.165) is 79.3 Å². The lowest BCUT2D eigenvalue weighted by Gasteiger charge is -2.63. The van der Waals surface area contributed by atoms with Gasteiger partial charge in [-0.3, -0.25) is 39.1 Å². The summed E-state index contributed by atoms with van der Waals surface area (Å²) in [5.74, 6) is -0.967. The minimum atomic E-state index is -1.00. The lowest BCUT2D eigenvalue weighted by molar-refractivity contribution is -0.164. The molecule has 3 aromatic carbocycles. The lowest BCUT2D eigenvalue weighted by atomic mass is 9.49. The molecule has 6 aliphatic rings. The standard InChI is InChI=1S/C49H56N6O8/c1-28-21-34(22-29(2)38(28)26-50)63-46-47(3,4)45(48(46,5)6)52-41(57)30-7-9-31(10-8-30)53-17-15-49(16-18-53)27-54(19-20-61-49)32-23-35(24-32)62-33-11-12-36-37(25-33)44(60)55(43(36)59)39-13-14-40(56)51-42(39)58/h7-12,21-22,25,32,35,39,45-46H,13-20,23-24,27H2,1-6H3,(H,52,57)(H,51,56,58)/t32?,35?,39-,45?,46?/m1/s1. The van der Waals surface area contributed by atoms with Crippen LogP contribution in [0.4, 0.5) is 5.69 Å². The van der Waals surface area contributed by atoms with Crippen LogP contribution in [0.2, 0.25) is 0 Å². The van der Waals surface area contributed by atoms with Crippen molar-refractivity contribution in [1.82, 2.24) is 20.4 Å². The van der Waals surface area contributed by atoms with Crippen LogP contribution in [0.3, 0.4) is 0 Å². The van der Waals surface area contributed by atoms with E-state index in [2.05, 4.69) is 54.2 Å². The monoisotopic (exact) mass is 856 g/mol. The van der Waals surface area contributed by atoms with E-state index in [1.807, 2.05) is 50.2 Å². The number of amides is 5. The molecular formula is C49H56N6O8. The molecule has 330 valence electrons. The quantitative estimate of drug-likeness (QED) is 0.262. The van der Waals surface area contributed by atoms with E-state index < -0.39 is 29.7 Å². The van der Waals surface area contributed by atoms with Gasteiger partial charge in [0.05, 0.1) is 35.0 Å². The van der Waals surface area contributed by atoms with E-state index in [1.165, 1.54) is 0 Å². The average molecular weight is 857 g/mol. The van der Waals surface area contributed by atoms with Crippen molar-refractivity contribution in [2.75, 3.05) is 37.7 Å². The lowest BCUT2D eigenvalue weighted by Crippen LogP contribution is -2.74. The molecule has 63 heavy (non-hydrogen) atoms. The first kappa shape index (κ1) is 42.5. The van der Waals surface area contributed by atoms with E-state index in [0.29, 0.717) is 29.5 Å². The number of carbonyl (C=O) groups is 5. The van der Waals surface area contributed by atoms with E-state index in [4.69, 9.17) is 14.2 Å². The zero-order chi connectivity index (χ0) is 44.6. The van der Waals surface area contributed by atoms with E-state index >= 15 is 0 Å². The number of imide groups is 2. The number of rotatable bonds is 9. The van der Waals surface area contributed by atoms with Crippen LogP contribution in [-0.2, 0) is 14.3 Å². The molecule has 1 spiro atoms. The van der Waals surface area contributed by atoms with E-state index in [9.17, 15) is 29.2 Å². The zero-order valence-corrected chi connectivity index (χ0v) is 36.9. The first-order valence-electron chi connectivity index (χ1n) is 22.2. The van der Waals surface area contributed by atoms with Gasteiger partial charge in [0.15, 0.2) is 0 Å². The third-order valence-corrected chi connectivity index (χ3v) is 14.7. The van der Waals surface area contributed by atoms with Gasteiger partial charge in [-0.15, -0.1) is 0 Å². The molecule has 9 rings (SSSR count). The number of nitrogens with one attached hydrogen (secondary N) is 2. The predicted octanol–water partition coefficient (Wildman–Crippen LogP) is 5.47. The molecular weight excluding hydrogens is 801 g/mol. The van der Waals surface area contributed by atoms with Crippen LogP contribution < -0.4 is 25.0 Å². The highest BCUT2D eigenvalue weighted by atomic mass is 16.5. The van der Waals surface area contributed by atoms with Crippen LogP contribution >= 0.6 is 0 Å². The topological polar surface area (TPSA) is 171 Å². The molecule has 3 aromatic rings. The molecule has 0 aromatic heterocycles. The Labute approximate surface area is 368 Å². The highest BCUT2D eigenvalue weighted by molar-refractivity contribution is 6.23. The molecule has 3 saturated heterocycles. The molecule has 4 aliphatic heterocycles. The predicted molar refractivity (Wildman–Crippen MR) is 233 cm³/mol. The molecule has 0 radical (unpaired) electrons. The number of morpholine rings is 1. The first-order chi connectivity index (χ1) is 30.0. The van der Waals surface area contributed by atoms with Crippen molar-refractivity contribution in [3.63, 3.8) is 0 Å². The van der Waals surface area contributed by atoms with E-state index in [1.54, 1.807) is 18.2 Å². The average Bonchev–Trinajstić information content (AvgIpc) is 3.47. The third kappa shape index (κ3) is 7.52. The highest BCUT2D eigenvalue weighted by Crippen LogP contribution is 2.55. The Morgan fingerprint density at radius 1 is 0.857 bits per heavy atom. The number of piperidine rings is 2. The minimum absolute atomic E-state index is 0.0244. The van der Waals surface area contributed by atoms with Gasteiger partial charge >= 0.3 is 0 Å². The van der Waals surface area contributed by atoms with Crippen molar-refractivity contribution in [1.29, 1.82) is 5.26 Å². The largest absolute Gasteiger partial charge is 0.490 e. The van der Waals surface area contributed by atoms with Gasteiger partial charge in [-0.1, -0.05) is 27.7 Å². The smallest absolute Gasteiger partial charge is 0.262 e. The fourth-order valence-electron chi connectivity index (χ4n) is 11.5. The molecule has 4 heterocycles. The number of benzene rings is 3. The molecule has 0 bridgehead atoms. The third-order valence-electron chi connectivity index (χ3n) is 14.7. The second-order valence-corrected chi connectivity index (χ2v) is 19.6. The van der Waals surface area contributed by atoms with Crippen molar-refractivity contribution in [3.8, 4) is 17.6 Å². The molecule has 14 heteroatoms. The number of ether oxygens (including phenoxy) is 3. The van der Waals surface area contributed by atoms with Gasteiger partial charge in [-0.2, -0.15) is 5.26 Å². The summed E-state index contributed by atoms with van der Waals surface area (Å²) < 4.78 is 19.4. The molecule has 2 N–H and O–H groups in total. The number of nitriles is 1. The number of aryl methyl sites for hydroxylation is 2. The van der Waals surface area contributed by atoms with Crippen molar-refractivity contribution in [2.24, 2.45) is 10.8 Å². The summed E-state index contributed by atoms with van der Waals surface area (Å²) in [6.45, 7) is 16.5. The van der Waals surface area contributed by atoms with Crippen LogP contribution in [0.1, 0.15) is 114 Å². The molecule has 1 atom stereocenters. The summed E-state index contributed by atoms with van der Waals surface area (Å²) in [5, 5.41) is 15.0. The van der Waals surface area contributed by atoms with Crippen LogP contribution in [-0.4, -0.2) is 108 Å². The summed E-state index contributed by atoms with van der Waals surface area (Å²) in [5.41, 5.74) is 3.73. The van der Waals surface area contributed by atoms with E-state index in [-0.39, 0.29) is 64.6 Å². The Morgan fingerprint density at radius 3 is 2.17 bits per heavy atom. The summed E-state index contributed by atoms with van der Waals surface area (Å²) in [6.07, 6.45) is 3.50. The van der Waals surface area contributed by atoms with Gasteiger partial charge in [0, 0.05) is 79.6 Å². The van der Waals surface area contributed by atoms with Gasteiger partial charge in [-0.05, 0) is 98.8 Å². The van der Waals surface area contributed by atoms with Gasteiger partial charge < -0.3 is 24.4 Å². The number of hydrogen-bond donors (Lipinski definition) is 2. The van der Waals surface area contributed by atoms with Crippen molar-refractivity contribution in [3.05, 3.63) is 88.0 Å². The number of fused-ring (bicyclic) bond motifs is 1. The summed E-state index contributed by atoms with van der Waals surface area (Å²) in [7, 11) is 0. The maximum absolute atomic E-state index is 13.6. The number of anilines is 1. The Morgan fingerprint density at radius 2 is 1.52 bits per heavy atom. The van der Waals surface area contributed by atoms with Gasteiger partial charge in [0.2, 0.25) is 11.8 Å². The fraction of sp³-hybridized carbons (Fsp3) is 0.510. The molecule has 5 amide bonds. The molecule has 2 aliphatic carbocycles. The van der Waals surface area contributed by atoms with Crippen LogP contribution in [0.25, 0.3) is 0 Å². The first-order valence-corrected chi connectivity index (χ1v) is 22.2. The fourth-order valence-corrected chi connectivity index (χ4v) is 11.5. The summed E-state index contributed by atoms with van der Waals surface area (Å²) >= 11 is 0. The van der Waals surface area contributed by atoms with Crippen LogP contribution in [0.5, 0.6) is 11.5 Å². The van der Waals surface area contributed by atoms with Crippen LogP contribution in [0.15, 0.2) is 54.6 Å². The van der Waals surface area contributed by atoms with Crippen molar-refractivity contribution >= 4 is 35.2 Å². The maximum atomic E-state index is 13.6. The van der Waals surface area contributed by atoms with Gasteiger partial charge in [0.1, 0.15) is 29.7 Å². The van der Waals surface area contributed by atoms with Crippen LogP contribution in [0, 0.1) is 36.0 Å². The molecule has 14 nitrogen and oxygen atoms in total. The zero-order valence-electron chi connectivity index (χ0n) is 36.9. The minimum Gasteiger partial charge on any atom is -0.490 e. The second kappa shape index (κ2) is 15.8. The maximum Gasteiger partial charge on any atom is 0.262 e. The highest BCUT2D eigenvalue weighted by Gasteiger charge is 2.64. The summed E-state index contributed by atoms with van der Waals surface area (Å²) in [4.78, 5) is 70.0. The normalized spacial score (nSPS) is 27.2. The SMILES string of the molecule is Cc1cc(OC2C(C)(C)C(NC(=O)c3ccc(N4CCC5(CC4)CN(C4CC(Oc6ccc7c(c6)C(=O)N([C@@H]6CCC(=O)NC6=O)C7=O)C4)CCO5)cc3)C2(C)C)cc(C)c1C#N. The van der Waals surface area contributed by atoms with Gasteiger partial charge in [0.25, 0.3) is 17.7 Å². The molecule has 5 fully saturated rings. The van der Waals surface area contributed by atoms with Crippen molar-refractivity contribution in [2.45, 2.75) is 116 Å². The Bertz CT molecular complexity index is 2390. The number of nitrogens with zero attached hydrogens (tertiary/aromatic N) is 4. The molecule has 0 unspecified atom stereocenters. The summed E-state index contributed by atoms with van der Waals surface area (Å²) in [6, 6.07) is 18.1.